The lowest BCUT2D eigenvalue weighted by Crippen LogP contribution is -2.26. The largest absolute Gasteiger partial charge is 0.496 e. The molecule has 0 saturated carbocycles. The Morgan fingerprint density at radius 3 is 2.59 bits per heavy atom. The maximum absolute atomic E-state index is 12.2. The number of rotatable bonds is 5. The number of Topliss-reactive ketones (excluding diaryl/α,β-unsaturated/α-hetero) is 1. The number of aromatic nitrogens is 1. The zero-order valence-corrected chi connectivity index (χ0v) is 14.2. The van der Waals surface area contributed by atoms with Gasteiger partial charge in [0, 0.05) is 11.8 Å². The van der Waals surface area contributed by atoms with E-state index in [1.807, 2.05) is 25.1 Å². The summed E-state index contributed by atoms with van der Waals surface area (Å²) in [4.78, 5) is 26.2. The summed E-state index contributed by atoms with van der Waals surface area (Å²) in [7, 11) is 1.60. The topological polar surface area (TPSA) is 71.2 Å². The summed E-state index contributed by atoms with van der Waals surface area (Å²) in [6.07, 6.45) is 1.53. The molecule has 1 aromatic carbocycles. The van der Waals surface area contributed by atoms with Crippen LogP contribution in [0.25, 0.3) is 0 Å². The van der Waals surface area contributed by atoms with Crippen molar-refractivity contribution in [2.24, 2.45) is 0 Å². The first-order valence-electron chi connectivity index (χ1n) is 6.76. The Morgan fingerprint density at radius 1 is 1.32 bits per heavy atom. The Hall–Kier alpha value is -2.08. The van der Waals surface area contributed by atoms with Crippen molar-refractivity contribution >= 4 is 27.6 Å². The van der Waals surface area contributed by atoms with Crippen LogP contribution in [0.3, 0.4) is 0 Å². The van der Waals surface area contributed by atoms with Gasteiger partial charge in [-0.05, 0) is 53.5 Å². The van der Waals surface area contributed by atoms with Crippen molar-refractivity contribution in [2.45, 2.75) is 19.9 Å². The van der Waals surface area contributed by atoms with E-state index in [9.17, 15) is 9.59 Å². The molecule has 0 aliphatic rings. The van der Waals surface area contributed by atoms with Gasteiger partial charge in [0.1, 0.15) is 11.4 Å². The summed E-state index contributed by atoms with van der Waals surface area (Å²) < 4.78 is 6.01. The Kier molecular flexibility index (Phi) is 5.03. The lowest BCUT2D eigenvalue weighted by molar-refractivity contribution is 0.0935. The third kappa shape index (κ3) is 3.57. The molecule has 2 aromatic rings. The Bertz CT molecular complexity index is 709. The summed E-state index contributed by atoms with van der Waals surface area (Å²) in [5.74, 6) is 0.395. The van der Waals surface area contributed by atoms with E-state index in [0.29, 0.717) is 11.3 Å². The lowest BCUT2D eigenvalue weighted by atomic mass is 10.1. The summed E-state index contributed by atoms with van der Waals surface area (Å²) in [6.45, 7) is 3.35. The molecule has 2 rings (SSSR count). The summed E-state index contributed by atoms with van der Waals surface area (Å²) in [6, 6.07) is 7.00. The summed E-state index contributed by atoms with van der Waals surface area (Å²) >= 11 is 3.42. The van der Waals surface area contributed by atoms with Crippen LogP contribution in [0.5, 0.6) is 5.75 Å². The van der Waals surface area contributed by atoms with E-state index in [1.165, 1.54) is 13.1 Å². The smallest absolute Gasteiger partial charge is 0.268 e. The number of aromatic amines is 1. The van der Waals surface area contributed by atoms with E-state index in [1.54, 1.807) is 13.2 Å². The first-order valence-corrected chi connectivity index (χ1v) is 7.55. The number of ketones is 1. The number of hydrogen-bond acceptors (Lipinski definition) is 3. The highest BCUT2D eigenvalue weighted by Crippen LogP contribution is 2.28. The van der Waals surface area contributed by atoms with Gasteiger partial charge in [0.25, 0.3) is 5.91 Å². The van der Waals surface area contributed by atoms with E-state index in [4.69, 9.17) is 4.74 Å². The predicted molar refractivity (Wildman–Crippen MR) is 87.4 cm³/mol. The zero-order valence-electron chi connectivity index (χ0n) is 12.6. The molecule has 0 unspecified atom stereocenters. The standard InChI is InChI=1S/C16H17BrN2O3/c1-9(11-4-5-15(22-3)13(17)6-11)19-16(21)14-7-12(8-18-14)10(2)20/h4-9,18H,1-3H3,(H,19,21)/t9-/m0/s1. The average Bonchev–Trinajstić information content (AvgIpc) is 2.97. The van der Waals surface area contributed by atoms with Gasteiger partial charge in [0.15, 0.2) is 5.78 Å². The van der Waals surface area contributed by atoms with Gasteiger partial charge in [0.05, 0.1) is 17.6 Å². The third-order valence-corrected chi connectivity index (χ3v) is 3.98. The van der Waals surface area contributed by atoms with E-state index in [-0.39, 0.29) is 17.7 Å². The highest BCUT2D eigenvalue weighted by atomic mass is 79.9. The van der Waals surface area contributed by atoms with E-state index in [0.717, 1.165) is 15.8 Å². The number of nitrogens with one attached hydrogen (secondary N) is 2. The number of benzene rings is 1. The van der Waals surface area contributed by atoms with Crippen molar-refractivity contribution in [1.29, 1.82) is 0 Å². The van der Waals surface area contributed by atoms with Crippen molar-refractivity contribution in [3.8, 4) is 5.75 Å². The minimum absolute atomic E-state index is 0.0811. The van der Waals surface area contributed by atoms with Crippen molar-refractivity contribution < 1.29 is 14.3 Å². The number of methoxy groups -OCH3 is 1. The third-order valence-electron chi connectivity index (χ3n) is 3.36. The van der Waals surface area contributed by atoms with Crippen LogP contribution in [-0.4, -0.2) is 23.8 Å². The molecule has 1 heterocycles. The Balaban J connectivity index is 2.10. The summed E-state index contributed by atoms with van der Waals surface area (Å²) in [5.41, 5.74) is 1.80. The number of amides is 1. The van der Waals surface area contributed by atoms with E-state index in [2.05, 4.69) is 26.2 Å². The molecule has 0 fully saturated rings. The Labute approximate surface area is 137 Å². The van der Waals surface area contributed by atoms with Crippen LogP contribution in [0, 0.1) is 0 Å². The van der Waals surface area contributed by atoms with Gasteiger partial charge in [-0.15, -0.1) is 0 Å². The van der Waals surface area contributed by atoms with Crippen LogP contribution in [-0.2, 0) is 0 Å². The van der Waals surface area contributed by atoms with Crippen LogP contribution in [0.4, 0.5) is 0 Å². The highest BCUT2D eigenvalue weighted by Gasteiger charge is 2.15. The van der Waals surface area contributed by atoms with E-state index >= 15 is 0 Å². The zero-order chi connectivity index (χ0) is 16.3. The molecule has 1 amide bonds. The van der Waals surface area contributed by atoms with Gasteiger partial charge in [-0.25, -0.2) is 0 Å². The average molecular weight is 365 g/mol. The fraction of sp³-hybridized carbons (Fsp3) is 0.250. The number of ether oxygens (including phenoxy) is 1. The second-order valence-electron chi connectivity index (χ2n) is 4.95. The van der Waals surface area contributed by atoms with Crippen LogP contribution in [0.2, 0.25) is 0 Å². The number of carbonyl (C=O) groups is 2. The van der Waals surface area contributed by atoms with Gasteiger partial charge in [-0.1, -0.05) is 6.07 Å². The van der Waals surface area contributed by atoms with Crippen molar-refractivity contribution in [1.82, 2.24) is 10.3 Å². The van der Waals surface area contributed by atoms with Crippen LogP contribution >= 0.6 is 15.9 Å². The molecule has 0 spiro atoms. The number of halogens is 1. The monoisotopic (exact) mass is 364 g/mol. The molecule has 22 heavy (non-hydrogen) atoms. The fourth-order valence-corrected chi connectivity index (χ4v) is 2.60. The van der Waals surface area contributed by atoms with Gasteiger partial charge in [0.2, 0.25) is 0 Å². The first kappa shape index (κ1) is 16.3. The second kappa shape index (κ2) is 6.79. The quantitative estimate of drug-likeness (QED) is 0.797. The SMILES string of the molecule is COc1ccc([C@H](C)NC(=O)c2cc(C(C)=O)c[nH]2)cc1Br. The van der Waals surface area contributed by atoms with Crippen LogP contribution in [0.15, 0.2) is 34.9 Å². The second-order valence-corrected chi connectivity index (χ2v) is 5.80. The van der Waals surface area contributed by atoms with Gasteiger partial charge >= 0.3 is 0 Å². The molecule has 0 bridgehead atoms. The van der Waals surface area contributed by atoms with Gasteiger partial charge in [-0.3, -0.25) is 9.59 Å². The Morgan fingerprint density at radius 2 is 2.05 bits per heavy atom. The maximum atomic E-state index is 12.2. The molecule has 0 radical (unpaired) electrons. The van der Waals surface area contributed by atoms with Crippen LogP contribution < -0.4 is 10.1 Å². The molecule has 5 nitrogen and oxygen atoms in total. The predicted octanol–water partition coefficient (Wildman–Crippen LogP) is 3.48. The molecule has 2 N–H and O–H groups in total. The molecule has 0 aliphatic heterocycles. The van der Waals surface area contributed by atoms with E-state index < -0.39 is 0 Å². The molecule has 1 atom stereocenters. The summed E-state index contributed by atoms with van der Waals surface area (Å²) in [5, 5.41) is 2.89. The highest BCUT2D eigenvalue weighted by molar-refractivity contribution is 9.10. The first-order chi connectivity index (χ1) is 10.4. The lowest BCUT2D eigenvalue weighted by Gasteiger charge is -2.15. The normalized spacial score (nSPS) is 11.8. The van der Waals surface area contributed by atoms with Gasteiger partial charge in [-0.2, -0.15) is 0 Å². The molecular formula is C16H17BrN2O3. The number of carbonyl (C=O) groups excluding carboxylic acids is 2. The molecule has 0 aliphatic carbocycles. The van der Waals surface area contributed by atoms with Crippen molar-refractivity contribution in [3.63, 3.8) is 0 Å². The number of hydrogen-bond donors (Lipinski definition) is 2. The van der Waals surface area contributed by atoms with Crippen molar-refractivity contribution in [2.75, 3.05) is 7.11 Å². The fourth-order valence-electron chi connectivity index (χ4n) is 2.04. The van der Waals surface area contributed by atoms with Crippen LogP contribution in [0.1, 0.15) is 46.3 Å². The molecule has 1 aromatic heterocycles. The van der Waals surface area contributed by atoms with Gasteiger partial charge < -0.3 is 15.0 Å². The minimum atomic E-state index is -0.257. The molecule has 6 heteroatoms. The molecule has 116 valence electrons. The minimum Gasteiger partial charge on any atom is -0.496 e. The molecule has 0 saturated heterocycles. The number of H-pyrrole nitrogens is 1. The maximum Gasteiger partial charge on any atom is 0.268 e. The van der Waals surface area contributed by atoms with Crippen molar-refractivity contribution in [3.05, 3.63) is 51.8 Å². The molecular weight excluding hydrogens is 348 g/mol.